The fourth-order valence-corrected chi connectivity index (χ4v) is 5.65. The van der Waals surface area contributed by atoms with Crippen LogP contribution >= 0.6 is 11.3 Å². The van der Waals surface area contributed by atoms with Crippen molar-refractivity contribution in [3.63, 3.8) is 0 Å². The van der Waals surface area contributed by atoms with Crippen molar-refractivity contribution >= 4 is 34.0 Å². The number of nitrogens with one attached hydrogen (secondary N) is 1. The maximum atomic E-state index is 13.2. The van der Waals surface area contributed by atoms with Crippen LogP contribution in [0.4, 0.5) is 10.8 Å². The number of ether oxygens (including phenoxy) is 3. The third-order valence-electron chi connectivity index (χ3n) is 6.81. The van der Waals surface area contributed by atoms with E-state index in [0.29, 0.717) is 34.5 Å². The van der Waals surface area contributed by atoms with Gasteiger partial charge in [-0.1, -0.05) is 24.3 Å². The fraction of sp³-hybridized carbons (Fsp3) is 0.233. The Kier molecular flexibility index (Phi) is 7.26. The van der Waals surface area contributed by atoms with Gasteiger partial charge in [0.2, 0.25) is 5.75 Å². The number of amides is 2. The third-order valence-corrected chi connectivity index (χ3v) is 7.70. The summed E-state index contributed by atoms with van der Waals surface area (Å²) in [4.78, 5) is 33.8. The van der Waals surface area contributed by atoms with E-state index in [1.807, 2.05) is 55.1 Å². The Labute approximate surface area is 231 Å². The van der Waals surface area contributed by atoms with Crippen molar-refractivity contribution in [3.8, 4) is 28.5 Å². The molecule has 0 saturated heterocycles. The highest BCUT2D eigenvalue weighted by Crippen LogP contribution is 2.39. The highest BCUT2D eigenvalue weighted by atomic mass is 32.1. The molecule has 5 rings (SSSR count). The highest BCUT2D eigenvalue weighted by Gasteiger charge is 2.27. The van der Waals surface area contributed by atoms with Gasteiger partial charge in [-0.25, -0.2) is 4.98 Å². The zero-order chi connectivity index (χ0) is 27.7. The van der Waals surface area contributed by atoms with Crippen molar-refractivity contribution in [1.29, 1.82) is 0 Å². The monoisotopic (exact) mass is 543 g/mol. The molecule has 0 radical (unpaired) electrons. The average molecular weight is 544 g/mol. The van der Waals surface area contributed by atoms with Gasteiger partial charge in [-0.15, -0.1) is 11.3 Å². The summed E-state index contributed by atoms with van der Waals surface area (Å²) in [7, 11) is 4.52. The van der Waals surface area contributed by atoms with Gasteiger partial charge in [-0.3, -0.25) is 14.9 Å². The van der Waals surface area contributed by atoms with E-state index in [0.717, 1.165) is 44.9 Å². The lowest BCUT2D eigenvalue weighted by molar-refractivity contribution is 0.0987. The summed E-state index contributed by atoms with van der Waals surface area (Å²) < 4.78 is 16.1. The van der Waals surface area contributed by atoms with Gasteiger partial charge < -0.3 is 19.1 Å². The van der Waals surface area contributed by atoms with Crippen LogP contribution in [0.3, 0.4) is 0 Å². The molecule has 200 valence electrons. The van der Waals surface area contributed by atoms with Gasteiger partial charge in [0.05, 0.1) is 27.0 Å². The highest BCUT2D eigenvalue weighted by molar-refractivity contribution is 7.16. The molecule has 1 aromatic heterocycles. The SMILES string of the molecule is COc1cc(C(=O)Nc2nc(-c3ccc4c(c3)CCN4C(=O)c3ccccc3C)c(C)s2)cc(OC)c1OC. The molecule has 0 aliphatic carbocycles. The van der Waals surface area contributed by atoms with Crippen molar-refractivity contribution in [2.45, 2.75) is 20.3 Å². The summed E-state index contributed by atoms with van der Waals surface area (Å²) >= 11 is 1.40. The Morgan fingerprint density at radius 2 is 1.67 bits per heavy atom. The largest absolute Gasteiger partial charge is 0.493 e. The lowest BCUT2D eigenvalue weighted by Crippen LogP contribution is -2.29. The first kappa shape index (κ1) is 26.2. The number of carbonyl (C=O) groups is 2. The molecule has 2 heterocycles. The van der Waals surface area contributed by atoms with E-state index in [9.17, 15) is 9.59 Å². The number of nitrogens with zero attached hydrogens (tertiary/aromatic N) is 2. The van der Waals surface area contributed by atoms with Gasteiger partial charge in [-0.05, 0) is 61.7 Å². The van der Waals surface area contributed by atoms with Crippen LogP contribution < -0.4 is 24.4 Å². The second-order valence-corrected chi connectivity index (χ2v) is 10.4. The molecule has 0 spiro atoms. The summed E-state index contributed by atoms with van der Waals surface area (Å²) in [5, 5.41) is 3.38. The molecule has 1 aliphatic rings. The number of methoxy groups -OCH3 is 3. The molecule has 4 aromatic rings. The molecule has 0 fully saturated rings. The summed E-state index contributed by atoms with van der Waals surface area (Å²) in [6.45, 7) is 4.57. The number of aryl methyl sites for hydroxylation is 2. The quantitative estimate of drug-likeness (QED) is 0.312. The van der Waals surface area contributed by atoms with Gasteiger partial charge >= 0.3 is 0 Å². The molecule has 0 bridgehead atoms. The maximum Gasteiger partial charge on any atom is 0.258 e. The number of aromatic nitrogens is 1. The molecule has 2 amide bonds. The van der Waals surface area contributed by atoms with Crippen LogP contribution in [0.5, 0.6) is 17.2 Å². The van der Waals surface area contributed by atoms with Crippen LogP contribution in [0.2, 0.25) is 0 Å². The van der Waals surface area contributed by atoms with Crippen LogP contribution in [0.15, 0.2) is 54.6 Å². The molecule has 39 heavy (non-hydrogen) atoms. The molecule has 9 heteroatoms. The number of hydrogen-bond donors (Lipinski definition) is 1. The van der Waals surface area contributed by atoms with Crippen molar-refractivity contribution in [1.82, 2.24) is 4.98 Å². The van der Waals surface area contributed by atoms with E-state index >= 15 is 0 Å². The molecular formula is C30H29N3O5S. The first-order valence-corrected chi connectivity index (χ1v) is 13.3. The lowest BCUT2D eigenvalue weighted by Gasteiger charge is -2.18. The molecule has 8 nitrogen and oxygen atoms in total. The topological polar surface area (TPSA) is 90.0 Å². The Morgan fingerprint density at radius 3 is 2.33 bits per heavy atom. The minimum absolute atomic E-state index is 0.0150. The zero-order valence-electron chi connectivity index (χ0n) is 22.5. The molecule has 3 aromatic carbocycles. The second kappa shape index (κ2) is 10.8. The predicted octanol–water partition coefficient (Wildman–Crippen LogP) is 5.91. The van der Waals surface area contributed by atoms with Gasteiger partial charge in [0.1, 0.15) is 0 Å². The number of anilines is 2. The molecule has 1 N–H and O–H groups in total. The smallest absolute Gasteiger partial charge is 0.258 e. The van der Waals surface area contributed by atoms with E-state index in [2.05, 4.69) is 11.4 Å². The number of carbonyl (C=O) groups excluding carboxylic acids is 2. The van der Waals surface area contributed by atoms with E-state index < -0.39 is 0 Å². The second-order valence-electron chi connectivity index (χ2n) is 9.16. The van der Waals surface area contributed by atoms with Crippen LogP contribution in [0, 0.1) is 13.8 Å². The number of hydrogen-bond acceptors (Lipinski definition) is 7. The van der Waals surface area contributed by atoms with Crippen molar-refractivity contribution < 1.29 is 23.8 Å². The van der Waals surface area contributed by atoms with Gasteiger partial charge in [0.15, 0.2) is 16.6 Å². The van der Waals surface area contributed by atoms with Crippen LogP contribution in [0.1, 0.15) is 36.7 Å². The first-order valence-electron chi connectivity index (χ1n) is 12.4. The Bertz CT molecular complexity index is 1550. The normalized spacial score (nSPS) is 12.2. The van der Waals surface area contributed by atoms with Gasteiger partial charge in [0, 0.05) is 33.8 Å². The summed E-state index contributed by atoms with van der Waals surface area (Å²) in [5.74, 6) is 0.881. The predicted molar refractivity (Wildman–Crippen MR) is 153 cm³/mol. The minimum atomic E-state index is -0.339. The maximum absolute atomic E-state index is 13.2. The standard InChI is InChI=1S/C30H29N3O5S/c1-17-8-6-7-9-22(17)29(35)33-13-12-19-14-20(10-11-23(19)33)26-18(2)39-30(31-26)32-28(34)21-15-24(36-3)27(38-5)25(16-21)37-4/h6-11,14-16H,12-13H2,1-5H3,(H,31,32,34). The van der Waals surface area contributed by atoms with Crippen LogP contribution in [0.25, 0.3) is 11.3 Å². The fourth-order valence-electron chi connectivity index (χ4n) is 4.82. The van der Waals surface area contributed by atoms with E-state index in [1.165, 1.54) is 32.7 Å². The summed E-state index contributed by atoms with van der Waals surface area (Å²) in [6, 6.07) is 16.9. The molecule has 0 saturated carbocycles. The molecule has 0 unspecified atom stereocenters. The minimum Gasteiger partial charge on any atom is -0.493 e. The van der Waals surface area contributed by atoms with E-state index in [4.69, 9.17) is 19.2 Å². The van der Waals surface area contributed by atoms with Crippen LogP contribution in [-0.2, 0) is 6.42 Å². The lowest BCUT2D eigenvalue weighted by atomic mass is 10.0. The Balaban J connectivity index is 1.37. The van der Waals surface area contributed by atoms with Gasteiger partial charge in [-0.2, -0.15) is 0 Å². The summed E-state index contributed by atoms with van der Waals surface area (Å²) in [5.41, 5.74) is 5.81. The van der Waals surface area contributed by atoms with E-state index in [-0.39, 0.29) is 11.8 Å². The van der Waals surface area contributed by atoms with Gasteiger partial charge in [0.25, 0.3) is 11.8 Å². The average Bonchev–Trinajstić information content (AvgIpc) is 3.54. The Morgan fingerprint density at radius 1 is 0.949 bits per heavy atom. The Hall–Kier alpha value is -4.37. The number of rotatable bonds is 7. The number of thiazole rings is 1. The van der Waals surface area contributed by atoms with Crippen molar-refractivity contribution in [2.24, 2.45) is 0 Å². The van der Waals surface area contributed by atoms with Crippen molar-refractivity contribution in [3.05, 3.63) is 81.7 Å². The van der Waals surface area contributed by atoms with E-state index in [1.54, 1.807) is 12.1 Å². The third kappa shape index (κ3) is 4.93. The van der Waals surface area contributed by atoms with Crippen LogP contribution in [-0.4, -0.2) is 44.7 Å². The van der Waals surface area contributed by atoms with Crippen molar-refractivity contribution in [2.75, 3.05) is 38.1 Å². The molecular weight excluding hydrogens is 514 g/mol. The zero-order valence-corrected chi connectivity index (χ0v) is 23.3. The molecule has 0 atom stereocenters. The molecule has 1 aliphatic heterocycles. The summed E-state index contributed by atoms with van der Waals surface area (Å²) in [6.07, 6.45) is 0.773. The first-order chi connectivity index (χ1) is 18.8. The number of benzene rings is 3. The number of fused-ring (bicyclic) bond motifs is 1.